The van der Waals surface area contributed by atoms with Crippen LogP contribution < -0.4 is 43.0 Å². The van der Waals surface area contributed by atoms with Crippen LogP contribution in [0.15, 0.2) is 11.4 Å². The molecule has 3 rings (SSSR count). The standard InChI is InChI=1S/C17H16F4I2N2O2/c1-3-5-22-24-7-25(23-6-4-2)15-14(24)16(26)8-9(17(15)27)11(19)13(21)12(20)10(8)18/h3-7H2,1-2H3/q-2. The van der Waals surface area contributed by atoms with Crippen LogP contribution >= 0.6 is 0 Å². The molecule has 0 amide bonds. The van der Waals surface area contributed by atoms with Crippen molar-refractivity contribution in [3.05, 3.63) is 45.8 Å². The van der Waals surface area contributed by atoms with E-state index >= 15 is 0 Å². The van der Waals surface area contributed by atoms with Crippen LogP contribution in [0.25, 0.3) is 0 Å². The summed E-state index contributed by atoms with van der Waals surface area (Å²) in [5, 5.41) is 0. The molecule has 1 aliphatic carbocycles. The Balaban J connectivity index is 2.17. The molecule has 1 aromatic rings. The first-order valence-corrected chi connectivity index (χ1v) is 13.3. The normalized spacial score (nSPS) is 16.7. The SMILES string of the molecule is CCC[I-]N1CN([I-]CCC)C2=C1C(=O)c1c(F)c(F)c(F)c(F)c1C2=O. The molecule has 2 aliphatic rings. The molecule has 0 spiro atoms. The van der Waals surface area contributed by atoms with Gasteiger partial charge in [0.15, 0.2) is 0 Å². The van der Waals surface area contributed by atoms with Gasteiger partial charge in [-0.15, -0.1) is 0 Å². The van der Waals surface area contributed by atoms with E-state index in [9.17, 15) is 27.2 Å². The summed E-state index contributed by atoms with van der Waals surface area (Å²) < 4.78 is 61.2. The van der Waals surface area contributed by atoms with Crippen molar-refractivity contribution in [3.63, 3.8) is 0 Å². The molecule has 1 aromatic carbocycles. The van der Waals surface area contributed by atoms with Crippen LogP contribution in [-0.2, 0) is 0 Å². The maximum atomic E-state index is 14.3. The number of benzene rings is 1. The number of hydrogen-bond donors (Lipinski definition) is 0. The Bertz CT molecular complexity index is 793. The van der Waals surface area contributed by atoms with Crippen LogP contribution in [0.1, 0.15) is 47.4 Å². The Hall–Kier alpha value is -0.920. The third-order valence-corrected chi connectivity index (χ3v) is 10.3. The molecule has 27 heavy (non-hydrogen) atoms. The average Bonchev–Trinajstić information content (AvgIpc) is 3.02. The quantitative estimate of drug-likeness (QED) is 0.0876. The monoisotopic (exact) mass is 610 g/mol. The number of halogens is 6. The van der Waals surface area contributed by atoms with E-state index in [0.29, 0.717) is 6.67 Å². The van der Waals surface area contributed by atoms with E-state index in [1.54, 1.807) is 6.23 Å². The van der Waals surface area contributed by atoms with Crippen molar-refractivity contribution in [2.24, 2.45) is 0 Å². The molecule has 0 atom stereocenters. The predicted molar refractivity (Wildman–Crippen MR) is 80.8 cm³/mol. The Morgan fingerprint density at radius 1 is 0.741 bits per heavy atom. The van der Waals surface area contributed by atoms with Crippen molar-refractivity contribution >= 4 is 11.6 Å². The molecule has 0 saturated carbocycles. The molecule has 4 nitrogen and oxygen atoms in total. The van der Waals surface area contributed by atoms with Gasteiger partial charge in [0, 0.05) is 0 Å². The molecule has 0 unspecified atom stereocenters. The van der Waals surface area contributed by atoms with Gasteiger partial charge in [-0.3, -0.25) is 0 Å². The summed E-state index contributed by atoms with van der Waals surface area (Å²) in [5.41, 5.74) is -1.94. The van der Waals surface area contributed by atoms with Gasteiger partial charge in [-0.1, -0.05) is 0 Å². The number of nitrogens with zero attached hydrogens (tertiary/aromatic N) is 2. The van der Waals surface area contributed by atoms with Crippen LogP contribution in [0.5, 0.6) is 0 Å². The van der Waals surface area contributed by atoms with Crippen LogP contribution in [-0.4, -0.2) is 33.3 Å². The Kier molecular flexibility index (Phi) is 6.33. The zero-order valence-corrected chi connectivity index (χ0v) is 18.8. The molecule has 0 aromatic heterocycles. The first-order chi connectivity index (χ1) is 12.8. The third-order valence-electron chi connectivity index (χ3n) is 3.94. The van der Waals surface area contributed by atoms with Crippen LogP contribution in [0.2, 0.25) is 0 Å². The van der Waals surface area contributed by atoms with Crippen LogP contribution in [0, 0.1) is 23.3 Å². The Morgan fingerprint density at radius 2 is 1.11 bits per heavy atom. The van der Waals surface area contributed by atoms with Crippen molar-refractivity contribution in [2.75, 3.05) is 15.5 Å². The molecular formula is C17H16F4I2N2O2-2. The number of carbonyl (C=O) groups is 2. The minimum atomic E-state index is -2.07. The summed E-state index contributed by atoms with van der Waals surface area (Å²) in [6.07, 6.45) is 1.77. The molecule has 1 aliphatic heterocycles. The molecule has 0 radical (unpaired) electrons. The molecular weight excluding hydrogens is 594 g/mol. The predicted octanol–water partition coefficient (Wildman–Crippen LogP) is -2.76. The fraction of sp³-hybridized carbons (Fsp3) is 0.412. The van der Waals surface area contributed by atoms with Gasteiger partial charge in [0.2, 0.25) is 0 Å². The zero-order valence-electron chi connectivity index (χ0n) is 14.5. The van der Waals surface area contributed by atoms with E-state index < -0.39 is 88.9 Å². The van der Waals surface area contributed by atoms with Crippen LogP contribution in [0.3, 0.4) is 0 Å². The number of hydrogen-bond acceptors (Lipinski definition) is 4. The van der Waals surface area contributed by atoms with Crippen molar-refractivity contribution in [1.29, 1.82) is 0 Å². The molecule has 0 saturated heterocycles. The fourth-order valence-electron chi connectivity index (χ4n) is 2.78. The number of ketones is 2. The van der Waals surface area contributed by atoms with E-state index in [0.717, 1.165) is 21.7 Å². The first-order valence-electron chi connectivity index (χ1n) is 8.28. The van der Waals surface area contributed by atoms with Gasteiger partial charge in [0.05, 0.1) is 0 Å². The van der Waals surface area contributed by atoms with Crippen LogP contribution in [0.4, 0.5) is 17.6 Å². The molecule has 0 bridgehead atoms. The minimum absolute atomic E-state index is 0.0221. The number of carbonyl (C=O) groups excluding carboxylic acids is 2. The van der Waals surface area contributed by atoms with E-state index in [-0.39, 0.29) is 11.4 Å². The number of allylic oxidation sites excluding steroid dienone is 2. The first kappa shape index (κ1) is 20.8. The molecule has 10 heteroatoms. The van der Waals surface area contributed by atoms with Gasteiger partial charge in [-0.05, 0) is 0 Å². The van der Waals surface area contributed by atoms with Gasteiger partial charge in [-0.25, -0.2) is 0 Å². The third kappa shape index (κ3) is 3.36. The second-order valence-electron chi connectivity index (χ2n) is 5.84. The van der Waals surface area contributed by atoms with Crippen molar-refractivity contribution < 1.29 is 70.1 Å². The van der Waals surface area contributed by atoms with Gasteiger partial charge in [0.1, 0.15) is 0 Å². The topological polar surface area (TPSA) is 40.6 Å². The summed E-state index contributed by atoms with van der Waals surface area (Å²) in [6, 6.07) is 0. The van der Waals surface area contributed by atoms with Gasteiger partial charge < -0.3 is 0 Å². The fourth-order valence-corrected chi connectivity index (χ4v) is 8.11. The second kappa shape index (κ2) is 8.21. The van der Waals surface area contributed by atoms with Crippen molar-refractivity contribution in [1.82, 2.24) is 6.23 Å². The molecule has 150 valence electrons. The zero-order chi connectivity index (χ0) is 19.9. The number of alkyl halides is 2. The Labute approximate surface area is 175 Å². The maximum absolute atomic E-state index is 14.3. The average molecular weight is 610 g/mol. The summed E-state index contributed by atoms with van der Waals surface area (Å²) >= 11 is -1.29. The van der Waals surface area contributed by atoms with E-state index in [4.69, 9.17) is 0 Å². The Morgan fingerprint density at radius 3 is 1.44 bits per heavy atom. The summed E-state index contributed by atoms with van der Waals surface area (Å²) in [4.78, 5) is 25.9. The number of rotatable bonds is 6. The van der Waals surface area contributed by atoms with Crippen molar-refractivity contribution in [2.45, 2.75) is 26.7 Å². The van der Waals surface area contributed by atoms with Gasteiger partial charge >= 0.3 is 176 Å². The molecule has 0 fully saturated rings. The number of Topliss-reactive ketones (excluding diaryl/α,β-unsaturated/α-hetero) is 2. The summed E-state index contributed by atoms with van der Waals surface area (Å²) in [6.45, 7) is 4.30. The van der Waals surface area contributed by atoms with Gasteiger partial charge in [0.25, 0.3) is 0 Å². The summed E-state index contributed by atoms with van der Waals surface area (Å²) in [7, 11) is 0. The van der Waals surface area contributed by atoms with E-state index in [2.05, 4.69) is 0 Å². The number of fused-ring (bicyclic) bond motifs is 1. The summed E-state index contributed by atoms with van der Waals surface area (Å²) in [5.74, 6) is -9.62. The molecule has 0 N–H and O–H groups in total. The van der Waals surface area contributed by atoms with Gasteiger partial charge in [-0.2, -0.15) is 0 Å². The van der Waals surface area contributed by atoms with E-state index in [1.165, 1.54) is 0 Å². The second-order valence-corrected chi connectivity index (χ2v) is 11.7. The van der Waals surface area contributed by atoms with Crippen molar-refractivity contribution in [3.8, 4) is 0 Å². The van der Waals surface area contributed by atoms with E-state index in [1.807, 2.05) is 13.8 Å². The molecule has 1 heterocycles.